The van der Waals surface area contributed by atoms with E-state index in [4.69, 9.17) is 30.4 Å². The Bertz CT molecular complexity index is 1350. The third kappa shape index (κ3) is 5.20. The fourth-order valence-electron chi connectivity index (χ4n) is 5.08. The molecule has 2 aromatic carbocycles. The second kappa shape index (κ2) is 10.0. The van der Waals surface area contributed by atoms with E-state index < -0.39 is 37.8 Å². The highest BCUT2D eigenvalue weighted by atomic mass is 35.5. The maximum atomic E-state index is 15.3. The molecule has 3 aromatic rings. The van der Waals surface area contributed by atoms with Crippen LogP contribution in [-0.4, -0.2) is 42.8 Å². The quantitative estimate of drug-likeness (QED) is 0.240. The molecule has 0 spiro atoms. The summed E-state index contributed by atoms with van der Waals surface area (Å²) in [5, 5.41) is 4.56. The van der Waals surface area contributed by atoms with E-state index in [9.17, 15) is 0 Å². The monoisotopic (exact) mass is 570 g/mol. The summed E-state index contributed by atoms with van der Waals surface area (Å²) in [5.74, 6) is -0.162. The number of hydrogen-bond acceptors (Lipinski definition) is 5. The Kier molecular flexibility index (Phi) is 7.30. The second-order valence-electron chi connectivity index (χ2n) is 12.7. The van der Waals surface area contributed by atoms with Crippen LogP contribution < -0.4 is 10.2 Å². The van der Waals surface area contributed by atoms with Crippen LogP contribution in [0, 0.1) is 5.82 Å². The number of benzene rings is 2. The van der Waals surface area contributed by atoms with Gasteiger partial charge in [-0.2, -0.15) is 5.10 Å². The number of fused-ring (bicyclic) bond motifs is 1. The number of rotatable bonds is 8. The average Bonchev–Trinajstić information content (AvgIpc) is 3.52. The lowest BCUT2D eigenvalue weighted by molar-refractivity contribution is 0.00578. The first kappa shape index (κ1) is 28.4. The summed E-state index contributed by atoms with van der Waals surface area (Å²) in [7, 11) is -2.07. The molecule has 39 heavy (non-hydrogen) atoms. The van der Waals surface area contributed by atoms with Gasteiger partial charge in [0.2, 0.25) is 0 Å². The Morgan fingerprint density at radius 1 is 1.08 bits per heavy atom. The topological polar surface area (TPSA) is 54.7 Å². The zero-order valence-corrected chi connectivity index (χ0v) is 25.6. The SMILES string of the molecule is CC1(C)OB(c2c(Cl)c(F)cc3c2C[C@](c2ccccc2)(c2ccnn2COCC[Si](C)(C)C)O3)OC1(C)C. The smallest absolute Gasteiger partial charge is 0.475 e. The van der Waals surface area contributed by atoms with Crippen LogP contribution in [0.2, 0.25) is 30.7 Å². The molecule has 0 saturated carbocycles. The average molecular weight is 571 g/mol. The van der Waals surface area contributed by atoms with Crippen molar-refractivity contribution in [2.24, 2.45) is 0 Å². The summed E-state index contributed by atoms with van der Waals surface area (Å²) in [6.45, 7) is 15.8. The second-order valence-corrected chi connectivity index (χ2v) is 18.7. The molecule has 0 amide bonds. The van der Waals surface area contributed by atoms with E-state index in [-0.39, 0.29) is 5.02 Å². The van der Waals surface area contributed by atoms with Gasteiger partial charge in [0.15, 0.2) is 5.60 Å². The molecule has 3 heterocycles. The molecule has 2 aliphatic heterocycles. The van der Waals surface area contributed by atoms with Crippen LogP contribution in [0.5, 0.6) is 5.75 Å². The van der Waals surface area contributed by atoms with E-state index in [0.717, 1.165) is 22.9 Å². The molecule has 2 aliphatic rings. The van der Waals surface area contributed by atoms with Gasteiger partial charge in [0.1, 0.15) is 18.3 Å². The maximum Gasteiger partial charge on any atom is 0.496 e. The molecule has 5 rings (SSSR count). The molecule has 1 fully saturated rings. The molecular weight excluding hydrogens is 534 g/mol. The standard InChI is InChI=1S/C29H37BClFN2O4Si/c1-27(2)28(3,4)38-30(37-27)25-21-18-29(20-11-9-8-10-12-20,36-23(21)17-22(32)26(25)31)24-13-14-33-34(24)19-35-15-16-39(5,6)7/h8-14,17H,15-16,18-19H2,1-7H3/t29-/m0/s1. The molecule has 0 unspecified atom stereocenters. The van der Waals surface area contributed by atoms with Crippen LogP contribution in [0.15, 0.2) is 48.7 Å². The van der Waals surface area contributed by atoms with E-state index in [2.05, 4.69) is 24.7 Å². The fourth-order valence-corrected chi connectivity index (χ4v) is 6.09. The Hall–Kier alpha value is -2.17. The molecule has 1 atom stereocenters. The highest BCUT2D eigenvalue weighted by molar-refractivity contribution is 6.76. The fraction of sp³-hybridized carbons (Fsp3) is 0.483. The Labute approximate surface area is 236 Å². The van der Waals surface area contributed by atoms with Crippen molar-refractivity contribution < 1.29 is 23.2 Å². The predicted molar refractivity (Wildman–Crippen MR) is 155 cm³/mol. The minimum Gasteiger partial charge on any atom is -0.475 e. The van der Waals surface area contributed by atoms with E-state index >= 15 is 4.39 Å². The highest BCUT2D eigenvalue weighted by Crippen LogP contribution is 2.47. The summed E-state index contributed by atoms with van der Waals surface area (Å²) < 4.78 is 42.6. The molecule has 0 radical (unpaired) electrons. The van der Waals surface area contributed by atoms with Gasteiger partial charge in [-0.15, -0.1) is 0 Å². The number of hydrogen-bond donors (Lipinski definition) is 0. The van der Waals surface area contributed by atoms with Crippen LogP contribution in [0.25, 0.3) is 0 Å². The van der Waals surface area contributed by atoms with Gasteiger partial charge in [0, 0.05) is 50.0 Å². The molecule has 208 valence electrons. The first-order valence-electron chi connectivity index (χ1n) is 13.5. The molecule has 1 aromatic heterocycles. The summed E-state index contributed by atoms with van der Waals surface area (Å²) >= 11 is 6.63. The minimum absolute atomic E-state index is 0.0112. The van der Waals surface area contributed by atoms with Crippen molar-refractivity contribution in [3.63, 3.8) is 0 Å². The van der Waals surface area contributed by atoms with Crippen LogP contribution in [0.4, 0.5) is 4.39 Å². The molecule has 10 heteroatoms. The van der Waals surface area contributed by atoms with Crippen LogP contribution in [0.3, 0.4) is 0 Å². The Morgan fingerprint density at radius 3 is 2.38 bits per heavy atom. The van der Waals surface area contributed by atoms with Gasteiger partial charge in [0.05, 0.1) is 21.9 Å². The molecule has 6 nitrogen and oxygen atoms in total. The van der Waals surface area contributed by atoms with Crippen LogP contribution in [0.1, 0.15) is 44.5 Å². The van der Waals surface area contributed by atoms with Gasteiger partial charge in [-0.1, -0.05) is 61.6 Å². The lowest BCUT2D eigenvalue weighted by atomic mass is 9.73. The van der Waals surface area contributed by atoms with Crippen LogP contribution >= 0.6 is 11.6 Å². The van der Waals surface area contributed by atoms with Crippen molar-refractivity contribution in [2.75, 3.05) is 6.61 Å². The zero-order valence-electron chi connectivity index (χ0n) is 23.8. The van der Waals surface area contributed by atoms with E-state index in [0.29, 0.717) is 31.0 Å². The van der Waals surface area contributed by atoms with Crippen molar-refractivity contribution in [2.45, 2.75) is 83.3 Å². The van der Waals surface area contributed by atoms with Gasteiger partial charge in [-0.05, 0) is 39.8 Å². The van der Waals surface area contributed by atoms with Crippen molar-refractivity contribution >= 4 is 32.3 Å². The minimum atomic E-state index is -1.23. The van der Waals surface area contributed by atoms with E-state index in [1.54, 1.807) is 6.20 Å². The predicted octanol–water partition coefficient (Wildman–Crippen LogP) is 6.17. The largest absolute Gasteiger partial charge is 0.496 e. The molecule has 0 N–H and O–H groups in total. The van der Waals surface area contributed by atoms with Crippen molar-refractivity contribution in [3.05, 3.63) is 76.3 Å². The van der Waals surface area contributed by atoms with Gasteiger partial charge in [-0.25, -0.2) is 9.07 Å². The van der Waals surface area contributed by atoms with Gasteiger partial charge < -0.3 is 18.8 Å². The van der Waals surface area contributed by atoms with Gasteiger partial charge in [0.25, 0.3) is 0 Å². The molecule has 0 aliphatic carbocycles. The van der Waals surface area contributed by atoms with E-state index in [1.165, 1.54) is 6.07 Å². The number of nitrogens with zero attached hydrogens (tertiary/aromatic N) is 2. The third-order valence-corrected chi connectivity index (χ3v) is 10.2. The molecule has 0 bridgehead atoms. The summed E-state index contributed by atoms with van der Waals surface area (Å²) in [4.78, 5) is 0. The van der Waals surface area contributed by atoms with Gasteiger partial charge >= 0.3 is 7.12 Å². The van der Waals surface area contributed by atoms with Crippen molar-refractivity contribution in [1.82, 2.24) is 9.78 Å². The maximum absolute atomic E-state index is 15.3. The van der Waals surface area contributed by atoms with E-state index in [1.807, 2.05) is 68.8 Å². The zero-order chi connectivity index (χ0) is 28.2. The normalized spacial score (nSPS) is 21.7. The Balaban J connectivity index is 1.56. The van der Waals surface area contributed by atoms with Gasteiger partial charge in [-0.3, -0.25) is 0 Å². The first-order valence-corrected chi connectivity index (χ1v) is 17.5. The number of aromatic nitrogens is 2. The molecular formula is C29H37BClFN2O4Si. The summed E-state index contributed by atoms with van der Waals surface area (Å²) in [5.41, 5.74) is 0.773. The number of halogens is 2. The lowest BCUT2D eigenvalue weighted by Gasteiger charge is -2.32. The summed E-state index contributed by atoms with van der Waals surface area (Å²) in [6.07, 6.45) is 2.14. The molecule has 1 saturated heterocycles. The summed E-state index contributed by atoms with van der Waals surface area (Å²) in [6, 6.07) is 14.3. The Morgan fingerprint density at radius 2 is 1.74 bits per heavy atom. The first-order chi connectivity index (χ1) is 18.2. The lowest BCUT2D eigenvalue weighted by Crippen LogP contribution is -2.41. The third-order valence-electron chi connectivity index (χ3n) is 8.11. The van der Waals surface area contributed by atoms with Crippen LogP contribution in [-0.2, 0) is 32.8 Å². The van der Waals surface area contributed by atoms with Crippen molar-refractivity contribution in [3.8, 4) is 5.75 Å². The highest BCUT2D eigenvalue weighted by Gasteiger charge is 2.55. The number of ether oxygens (including phenoxy) is 2. The van der Waals surface area contributed by atoms with Crippen molar-refractivity contribution in [1.29, 1.82) is 0 Å².